The second kappa shape index (κ2) is 8.98. The molecule has 0 spiro atoms. The molecule has 3 nitrogen and oxygen atoms in total. The molecule has 1 N–H and O–H groups in total. The number of hydrogen-bond donors (Lipinski definition) is 1. The Labute approximate surface area is 122 Å². The van der Waals surface area contributed by atoms with Gasteiger partial charge in [-0.15, -0.1) is 0 Å². The highest BCUT2D eigenvalue weighted by Crippen LogP contribution is 2.20. The summed E-state index contributed by atoms with van der Waals surface area (Å²) in [4.78, 5) is 0. The molecule has 0 amide bonds. The van der Waals surface area contributed by atoms with Gasteiger partial charge in [0.05, 0.1) is 19.3 Å². The van der Waals surface area contributed by atoms with Gasteiger partial charge in [0.2, 0.25) is 0 Å². The summed E-state index contributed by atoms with van der Waals surface area (Å²) in [6.07, 6.45) is 6.72. The topological polar surface area (TPSA) is 30.5 Å². The van der Waals surface area contributed by atoms with Crippen molar-refractivity contribution in [3.8, 4) is 5.75 Å². The van der Waals surface area contributed by atoms with Gasteiger partial charge in [-0.2, -0.15) is 0 Å². The van der Waals surface area contributed by atoms with E-state index in [0.29, 0.717) is 6.10 Å². The fraction of sp³-hybridized carbons (Fsp3) is 0.647. The molecular weight excluding hydrogens is 250 g/mol. The van der Waals surface area contributed by atoms with Crippen LogP contribution in [0.2, 0.25) is 0 Å². The summed E-state index contributed by atoms with van der Waals surface area (Å²) in [6.45, 7) is 5.51. The maximum atomic E-state index is 5.83. The van der Waals surface area contributed by atoms with E-state index in [9.17, 15) is 0 Å². The molecule has 0 heterocycles. The third kappa shape index (κ3) is 5.51. The minimum Gasteiger partial charge on any atom is -0.494 e. The van der Waals surface area contributed by atoms with Crippen molar-refractivity contribution in [1.29, 1.82) is 0 Å². The highest BCUT2D eigenvalue weighted by molar-refractivity contribution is 5.28. The van der Waals surface area contributed by atoms with Crippen molar-refractivity contribution in [1.82, 2.24) is 5.32 Å². The molecule has 1 aromatic carbocycles. The number of rotatable bonds is 9. The third-order valence-corrected chi connectivity index (χ3v) is 3.64. The van der Waals surface area contributed by atoms with Crippen LogP contribution in [0.5, 0.6) is 5.75 Å². The maximum Gasteiger partial charge on any atom is 0.119 e. The van der Waals surface area contributed by atoms with Crippen LogP contribution in [0.3, 0.4) is 0 Å². The van der Waals surface area contributed by atoms with Gasteiger partial charge >= 0.3 is 0 Å². The first kappa shape index (κ1) is 15.3. The minimum absolute atomic E-state index is 0.516. The zero-order valence-corrected chi connectivity index (χ0v) is 12.6. The van der Waals surface area contributed by atoms with Gasteiger partial charge in [0.15, 0.2) is 0 Å². The van der Waals surface area contributed by atoms with E-state index in [-0.39, 0.29) is 0 Å². The average Bonchev–Trinajstić information content (AvgIpc) is 2.98. The lowest BCUT2D eigenvalue weighted by atomic mass is 10.2. The van der Waals surface area contributed by atoms with Gasteiger partial charge in [0.1, 0.15) is 5.75 Å². The van der Waals surface area contributed by atoms with Gasteiger partial charge in [-0.05, 0) is 37.0 Å². The van der Waals surface area contributed by atoms with E-state index in [4.69, 9.17) is 9.47 Å². The molecule has 0 unspecified atom stereocenters. The second-order valence-corrected chi connectivity index (χ2v) is 5.45. The van der Waals surface area contributed by atoms with E-state index in [1.54, 1.807) is 0 Å². The van der Waals surface area contributed by atoms with Crippen molar-refractivity contribution in [3.63, 3.8) is 0 Å². The number of ether oxygens (including phenoxy) is 2. The Hall–Kier alpha value is -1.06. The molecule has 0 aliphatic heterocycles. The first-order chi connectivity index (χ1) is 9.88. The summed E-state index contributed by atoms with van der Waals surface area (Å²) in [5, 5.41) is 3.43. The predicted octanol–water partition coefficient (Wildman–Crippen LogP) is 3.52. The lowest BCUT2D eigenvalue weighted by Crippen LogP contribution is -2.21. The quantitative estimate of drug-likeness (QED) is 0.701. The van der Waals surface area contributed by atoms with Gasteiger partial charge in [0.25, 0.3) is 0 Å². The van der Waals surface area contributed by atoms with Crippen molar-refractivity contribution in [2.24, 2.45) is 0 Å². The first-order valence-corrected chi connectivity index (χ1v) is 7.92. The van der Waals surface area contributed by atoms with Gasteiger partial charge in [-0.3, -0.25) is 0 Å². The van der Waals surface area contributed by atoms with E-state index >= 15 is 0 Å². The Bertz CT molecular complexity index is 375. The molecule has 112 valence electrons. The van der Waals surface area contributed by atoms with Crippen LogP contribution in [0.15, 0.2) is 24.3 Å². The van der Waals surface area contributed by atoms with Gasteiger partial charge < -0.3 is 14.8 Å². The van der Waals surface area contributed by atoms with Gasteiger partial charge in [-0.1, -0.05) is 31.9 Å². The highest BCUT2D eigenvalue weighted by Gasteiger charge is 2.14. The summed E-state index contributed by atoms with van der Waals surface area (Å²) >= 11 is 0. The predicted molar refractivity (Wildman–Crippen MR) is 82.1 cm³/mol. The fourth-order valence-electron chi connectivity index (χ4n) is 2.55. The van der Waals surface area contributed by atoms with Gasteiger partial charge in [-0.25, -0.2) is 0 Å². The number of hydrogen-bond acceptors (Lipinski definition) is 3. The van der Waals surface area contributed by atoms with Crippen LogP contribution >= 0.6 is 0 Å². The molecule has 1 aromatic rings. The highest BCUT2D eigenvalue weighted by atomic mass is 16.5. The number of benzene rings is 1. The van der Waals surface area contributed by atoms with Crippen LogP contribution in [0.4, 0.5) is 0 Å². The van der Waals surface area contributed by atoms with Crippen LogP contribution in [0.1, 0.15) is 44.6 Å². The molecule has 0 saturated heterocycles. The van der Waals surface area contributed by atoms with Crippen molar-refractivity contribution >= 4 is 0 Å². The molecule has 1 fully saturated rings. The van der Waals surface area contributed by atoms with Crippen LogP contribution in [-0.2, 0) is 11.3 Å². The van der Waals surface area contributed by atoms with Crippen LogP contribution < -0.4 is 10.1 Å². The van der Waals surface area contributed by atoms with E-state index in [1.807, 2.05) is 6.07 Å². The SMILES string of the molecule is CCCOc1cccc(CNCCOC2CCCC2)c1. The van der Waals surface area contributed by atoms with E-state index in [2.05, 4.69) is 30.4 Å². The maximum absolute atomic E-state index is 5.83. The molecule has 0 atom stereocenters. The number of nitrogens with one attached hydrogen (secondary N) is 1. The Morgan fingerprint density at radius 3 is 2.85 bits per heavy atom. The molecule has 1 aliphatic carbocycles. The molecule has 1 aliphatic rings. The zero-order valence-electron chi connectivity index (χ0n) is 12.6. The Kier molecular flexibility index (Phi) is 6.89. The molecule has 20 heavy (non-hydrogen) atoms. The van der Waals surface area contributed by atoms with Crippen LogP contribution in [0.25, 0.3) is 0 Å². The smallest absolute Gasteiger partial charge is 0.119 e. The molecule has 0 aromatic heterocycles. The summed E-state index contributed by atoms with van der Waals surface area (Å²) in [5.74, 6) is 0.966. The van der Waals surface area contributed by atoms with Crippen molar-refractivity contribution in [2.45, 2.75) is 51.7 Å². The standard InChI is InChI=1S/C17H27NO2/c1-2-11-19-17-9-5-6-15(13-17)14-18-10-12-20-16-7-3-4-8-16/h5-6,9,13,16,18H,2-4,7-8,10-12,14H2,1H3. The zero-order chi connectivity index (χ0) is 14.0. The summed E-state index contributed by atoms with van der Waals surface area (Å²) < 4.78 is 11.5. The molecule has 2 rings (SSSR count). The summed E-state index contributed by atoms with van der Waals surface area (Å²) in [6, 6.07) is 8.31. The molecule has 0 bridgehead atoms. The van der Waals surface area contributed by atoms with Crippen molar-refractivity contribution in [2.75, 3.05) is 19.8 Å². The van der Waals surface area contributed by atoms with E-state index in [1.165, 1.54) is 31.2 Å². The molecule has 1 saturated carbocycles. The lowest BCUT2D eigenvalue weighted by Gasteiger charge is -2.12. The Morgan fingerprint density at radius 1 is 1.20 bits per heavy atom. The van der Waals surface area contributed by atoms with Crippen molar-refractivity contribution < 1.29 is 9.47 Å². The van der Waals surface area contributed by atoms with Crippen molar-refractivity contribution in [3.05, 3.63) is 29.8 Å². The summed E-state index contributed by atoms with van der Waals surface area (Å²) in [7, 11) is 0. The van der Waals surface area contributed by atoms with E-state index in [0.717, 1.165) is 38.5 Å². The molecule has 3 heteroatoms. The van der Waals surface area contributed by atoms with Gasteiger partial charge in [0, 0.05) is 13.1 Å². The first-order valence-electron chi connectivity index (χ1n) is 7.92. The second-order valence-electron chi connectivity index (χ2n) is 5.45. The Balaban J connectivity index is 1.60. The van der Waals surface area contributed by atoms with Crippen LogP contribution in [0, 0.1) is 0 Å². The minimum atomic E-state index is 0.516. The molecular formula is C17H27NO2. The normalized spacial score (nSPS) is 15.7. The fourth-order valence-corrected chi connectivity index (χ4v) is 2.55. The Morgan fingerprint density at radius 2 is 2.05 bits per heavy atom. The molecule has 0 radical (unpaired) electrons. The average molecular weight is 277 g/mol. The lowest BCUT2D eigenvalue weighted by molar-refractivity contribution is 0.0603. The largest absolute Gasteiger partial charge is 0.494 e. The monoisotopic (exact) mass is 277 g/mol. The van der Waals surface area contributed by atoms with Crippen LogP contribution in [-0.4, -0.2) is 25.9 Å². The summed E-state index contributed by atoms with van der Waals surface area (Å²) in [5.41, 5.74) is 1.26. The van der Waals surface area contributed by atoms with E-state index < -0.39 is 0 Å². The third-order valence-electron chi connectivity index (χ3n) is 3.64.